The maximum atomic E-state index is 11.1. The van der Waals surface area contributed by atoms with E-state index in [2.05, 4.69) is 10.6 Å². The third-order valence-electron chi connectivity index (χ3n) is 1.76. The van der Waals surface area contributed by atoms with E-state index < -0.39 is 17.4 Å². The number of nitrogens with one attached hydrogen (secondary N) is 2. The summed E-state index contributed by atoms with van der Waals surface area (Å²) in [5, 5.41) is 15.0. The van der Waals surface area contributed by atoms with E-state index in [4.69, 9.17) is 0 Å². The van der Waals surface area contributed by atoms with Gasteiger partial charge in [-0.2, -0.15) is 0 Å². The lowest BCUT2D eigenvalue weighted by Crippen LogP contribution is -2.21. The Bertz CT molecular complexity index is 441. The molecule has 1 rings (SSSR count). The molecule has 90 valence electrons. The summed E-state index contributed by atoms with van der Waals surface area (Å²) in [6.45, 7) is 0.611. The van der Waals surface area contributed by atoms with Crippen LogP contribution in [0.1, 0.15) is 6.92 Å². The van der Waals surface area contributed by atoms with Crippen LogP contribution in [-0.4, -0.2) is 23.3 Å². The van der Waals surface area contributed by atoms with Gasteiger partial charge >= 0.3 is 0 Å². The largest absolute Gasteiger partial charge is 0.326 e. The monoisotopic (exact) mass is 237 g/mol. The van der Waals surface area contributed by atoms with Crippen molar-refractivity contribution in [3.63, 3.8) is 0 Å². The van der Waals surface area contributed by atoms with Crippen molar-refractivity contribution in [2.24, 2.45) is 0 Å². The summed E-state index contributed by atoms with van der Waals surface area (Å²) in [6, 6.07) is 6.26. The molecule has 0 bridgehead atoms. The Morgan fingerprint density at radius 2 is 1.65 bits per heavy atom. The molecule has 2 N–H and O–H groups in total. The van der Waals surface area contributed by atoms with Crippen LogP contribution in [0.3, 0.4) is 0 Å². The molecule has 0 aliphatic rings. The number of benzene rings is 1. The number of hydrogen-bond donors (Lipinski definition) is 2. The van der Waals surface area contributed by atoms with E-state index in [1.165, 1.54) is 6.92 Å². The number of nitrogens with zero attached hydrogens (tertiary/aromatic N) is 1. The predicted octanol–water partition coefficient (Wildman–Crippen LogP) is 0.860. The van der Waals surface area contributed by atoms with Gasteiger partial charge in [-0.15, -0.1) is 0 Å². The zero-order valence-corrected chi connectivity index (χ0v) is 9.10. The first-order valence-corrected chi connectivity index (χ1v) is 4.76. The second-order valence-electron chi connectivity index (χ2n) is 3.30. The maximum Gasteiger partial charge on any atom is 0.296 e. The predicted molar refractivity (Wildman–Crippen MR) is 61.2 cm³/mol. The molecule has 0 fully saturated rings. The maximum absolute atomic E-state index is 11.1. The van der Waals surface area contributed by atoms with Gasteiger partial charge in [-0.1, -0.05) is 0 Å². The molecule has 7 nitrogen and oxygen atoms in total. The molecule has 0 unspecified atom stereocenters. The Morgan fingerprint density at radius 1 is 1.18 bits per heavy atom. The van der Waals surface area contributed by atoms with Crippen LogP contribution in [0.2, 0.25) is 0 Å². The molecule has 1 aromatic rings. The van der Waals surface area contributed by atoms with E-state index in [0.717, 1.165) is 0 Å². The average molecular weight is 237 g/mol. The van der Waals surface area contributed by atoms with E-state index in [1.54, 1.807) is 24.3 Å². The van der Waals surface area contributed by atoms with E-state index in [-0.39, 0.29) is 5.91 Å². The zero-order valence-electron chi connectivity index (χ0n) is 9.10. The Labute approximate surface area is 97.0 Å². The van der Waals surface area contributed by atoms with Crippen LogP contribution < -0.4 is 10.6 Å². The van der Waals surface area contributed by atoms with Gasteiger partial charge < -0.3 is 10.6 Å². The lowest BCUT2D eigenvalue weighted by Gasteiger charge is -2.04. The molecule has 7 heteroatoms. The highest BCUT2D eigenvalue weighted by atomic mass is 16.6. The smallest absolute Gasteiger partial charge is 0.296 e. The molecular weight excluding hydrogens is 226 g/mol. The molecule has 0 heterocycles. The first-order chi connectivity index (χ1) is 7.97. The summed E-state index contributed by atoms with van der Waals surface area (Å²) in [7, 11) is 0. The number of rotatable bonds is 4. The van der Waals surface area contributed by atoms with Crippen molar-refractivity contribution in [3.8, 4) is 0 Å². The summed E-state index contributed by atoms with van der Waals surface area (Å²) < 4.78 is 0. The summed E-state index contributed by atoms with van der Waals surface area (Å²) in [6.07, 6.45) is 0. The summed E-state index contributed by atoms with van der Waals surface area (Å²) in [5.74, 6) is -0.891. The van der Waals surface area contributed by atoms with Crippen LogP contribution in [0.15, 0.2) is 24.3 Å². The highest BCUT2D eigenvalue weighted by Crippen LogP contribution is 2.13. The molecule has 17 heavy (non-hydrogen) atoms. The molecule has 0 aromatic heterocycles. The van der Waals surface area contributed by atoms with Crippen molar-refractivity contribution in [2.75, 3.05) is 17.2 Å². The van der Waals surface area contributed by atoms with Crippen LogP contribution in [-0.2, 0) is 9.59 Å². The number of amides is 2. The van der Waals surface area contributed by atoms with E-state index in [1.807, 2.05) is 0 Å². The lowest BCUT2D eigenvalue weighted by atomic mass is 10.2. The number of hydrogen-bond acceptors (Lipinski definition) is 4. The molecule has 1 aromatic carbocycles. The standard InChI is InChI=1S/C10H11N3O4/c1-7(14)11-8-2-4-9(5-3-8)12-10(15)6-13(16)17/h2-5H,6H2,1H3,(H,11,14)(H,12,15). The molecule has 0 atom stereocenters. The normalized spacial score (nSPS) is 9.47. The minimum Gasteiger partial charge on any atom is -0.326 e. The first kappa shape index (κ1) is 12.6. The van der Waals surface area contributed by atoms with Crippen molar-refractivity contribution >= 4 is 23.2 Å². The van der Waals surface area contributed by atoms with Crippen molar-refractivity contribution in [1.82, 2.24) is 0 Å². The van der Waals surface area contributed by atoms with E-state index >= 15 is 0 Å². The fourth-order valence-electron chi connectivity index (χ4n) is 1.16. The van der Waals surface area contributed by atoms with E-state index in [0.29, 0.717) is 11.4 Å². The zero-order chi connectivity index (χ0) is 12.8. The van der Waals surface area contributed by atoms with Gasteiger partial charge in [-0.3, -0.25) is 19.7 Å². The van der Waals surface area contributed by atoms with Crippen molar-refractivity contribution in [2.45, 2.75) is 6.92 Å². The molecule has 0 spiro atoms. The topological polar surface area (TPSA) is 101 Å². The Balaban J connectivity index is 2.59. The Hall–Kier alpha value is -2.44. The van der Waals surface area contributed by atoms with E-state index in [9.17, 15) is 19.7 Å². The first-order valence-electron chi connectivity index (χ1n) is 4.76. The Morgan fingerprint density at radius 3 is 2.06 bits per heavy atom. The van der Waals surface area contributed by atoms with Gasteiger partial charge in [0.05, 0.1) is 0 Å². The lowest BCUT2D eigenvalue weighted by molar-refractivity contribution is -0.467. The third-order valence-corrected chi connectivity index (χ3v) is 1.76. The molecular formula is C10H11N3O4. The SMILES string of the molecule is CC(=O)Nc1ccc(NC(=O)C[N+](=O)[O-])cc1. The molecule has 0 radical (unpaired) electrons. The number of carbonyl (C=O) groups is 2. The highest BCUT2D eigenvalue weighted by Gasteiger charge is 2.09. The van der Waals surface area contributed by atoms with Gasteiger partial charge in [0.2, 0.25) is 5.91 Å². The second-order valence-corrected chi connectivity index (χ2v) is 3.30. The molecule has 0 aliphatic carbocycles. The quantitative estimate of drug-likeness (QED) is 0.598. The van der Waals surface area contributed by atoms with Crippen LogP contribution in [0.4, 0.5) is 11.4 Å². The van der Waals surface area contributed by atoms with Crippen LogP contribution in [0, 0.1) is 10.1 Å². The number of anilines is 2. The molecule has 0 saturated carbocycles. The fraction of sp³-hybridized carbons (Fsp3) is 0.200. The molecule has 2 amide bonds. The van der Waals surface area contributed by atoms with Gasteiger partial charge in [0, 0.05) is 23.2 Å². The third kappa shape index (κ3) is 4.74. The van der Waals surface area contributed by atoms with Gasteiger partial charge in [0.15, 0.2) is 0 Å². The van der Waals surface area contributed by atoms with Crippen LogP contribution >= 0.6 is 0 Å². The van der Waals surface area contributed by atoms with Crippen LogP contribution in [0.25, 0.3) is 0 Å². The van der Waals surface area contributed by atoms with Crippen LogP contribution in [0.5, 0.6) is 0 Å². The Kier molecular flexibility index (Phi) is 4.15. The average Bonchev–Trinajstić information content (AvgIpc) is 2.18. The summed E-state index contributed by atoms with van der Waals surface area (Å²) in [5.41, 5.74) is 1.02. The van der Waals surface area contributed by atoms with Gasteiger partial charge in [0.1, 0.15) is 0 Å². The highest BCUT2D eigenvalue weighted by molar-refractivity contribution is 5.92. The minimum atomic E-state index is -0.770. The van der Waals surface area contributed by atoms with Gasteiger partial charge in [0.25, 0.3) is 12.5 Å². The minimum absolute atomic E-state index is 0.199. The summed E-state index contributed by atoms with van der Waals surface area (Å²) in [4.78, 5) is 31.2. The molecule has 0 saturated heterocycles. The van der Waals surface area contributed by atoms with Crippen molar-refractivity contribution in [1.29, 1.82) is 0 Å². The fourth-order valence-corrected chi connectivity index (χ4v) is 1.16. The van der Waals surface area contributed by atoms with Crippen molar-refractivity contribution < 1.29 is 14.5 Å². The van der Waals surface area contributed by atoms with Crippen molar-refractivity contribution in [3.05, 3.63) is 34.4 Å². The van der Waals surface area contributed by atoms with Gasteiger partial charge in [-0.25, -0.2) is 0 Å². The van der Waals surface area contributed by atoms with Gasteiger partial charge in [-0.05, 0) is 24.3 Å². The number of carbonyl (C=O) groups excluding carboxylic acids is 2. The number of nitro groups is 1. The summed E-state index contributed by atoms with van der Waals surface area (Å²) >= 11 is 0. The second kappa shape index (κ2) is 5.59. The molecule has 0 aliphatic heterocycles.